The number of benzene rings is 1. The molecule has 2 heterocycles. The Morgan fingerprint density at radius 1 is 0.710 bits per heavy atom. The number of allylic oxidation sites excluding steroid dienone is 5. The molecule has 0 N–H and O–H groups in total. The van der Waals surface area contributed by atoms with E-state index >= 15 is 0 Å². The van der Waals surface area contributed by atoms with Crippen molar-refractivity contribution in [2.45, 2.75) is 79.2 Å². The Morgan fingerprint density at radius 3 is 1.44 bits per heavy atom. The Balaban J connectivity index is -0.000000160. The summed E-state index contributed by atoms with van der Waals surface area (Å²) in [5.74, 6) is 4.84. The van der Waals surface area contributed by atoms with Gasteiger partial charge in [0.25, 0.3) is 0 Å². The van der Waals surface area contributed by atoms with Gasteiger partial charge in [0.15, 0.2) is 0 Å². The Hall–Kier alpha value is -2.03. The van der Waals surface area contributed by atoms with Gasteiger partial charge in [0.1, 0.15) is 26.4 Å². The van der Waals surface area contributed by atoms with Gasteiger partial charge in [-0.05, 0) is 66.0 Å². The summed E-state index contributed by atoms with van der Waals surface area (Å²) < 4.78 is 19.4. The lowest BCUT2D eigenvalue weighted by Crippen LogP contribution is -2.04. The zero-order chi connectivity index (χ0) is 48.7. The summed E-state index contributed by atoms with van der Waals surface area (Å²) in [4.78, 5) is 77.0. The van der Waals surface area contributed by atoms with E-state index in [1.54, 1.807) is 85.5 Å². The number of ether oxygens (including phenoxy) is 4. The van der Waals surface area contributed by atoms with Gasteiger partial charge in [-0.2, -0.15) is 30.9 Å². The fourth-order valence-electron chi connectivity index (χ4n) is 2.46. The average molecular weight is 1040 g/mol. The third-order valence-corrected chi connectivity index (χ3v) is 12.0. The van der Waals surface area contributed by atoms with E-state index in [1.807, 2.05) is 94.3 Å². The van der Waals surface area contributed by atoms with Crippen LogP contribution >= 0.6 is 101 Å². The van der Waals surface area contributed by atoms with Crippen LogP contribution in [0.4, 0.5) is 4.79 Å². The number of hydrogen-bond acceptors (Lipinski definition) is 21. The predicted molar refractivity (Wildman–Crippen MR) is 274 cm³/mol. The number of hydrogen-bond donors (Lipinski definition) is 0. The molecule has 1 aromatic rings. The van der Waals surface area contributed by atoms with Crippen LogP contribution in [0.25, 0.3) is 0 Å². The lowest BCUT2D eigenvalue weighted by Gasteiger charge is -2.05. The van der Waals surface area contributed by atoms with E-state index in [4.69, 9.17) is 45.6 Å². The Morgan fingerprint density at radius 2 is 1.13 bits per heavy atom. The van der Waals surface area contributed by atoms with Crippen LogP contribution in [0.2, 0.25) is 0 Å². The topological polar surface area (TPSA) is 173 Å². The molecule has 354 valence electrons. The second-order valence-electron chi connectivity index (χ2n) is 9.40. The maximum atomic E-state index is 11.1. The molecule has 0 atom stereocenters. The Labute approximate surface area is 407 Å². The number of cyclic esters (lactones) is 1. The van der Waals surface area contributed by atoms with E-state index in [9.17, 15) is 19.2 Å². The molecule has 12 nitrogen and oxygen atoms in total. The molecule has 3 aliphatic rings. The SMILES string of the molecule is C1CS1.C=C1C=CC(=S)C=C1.CC.CC.CCC(=O)OCCSSC.CCC(=O)OCCSSc1ccc(COC(=O)CC)cc1.CSSC.O=C1OCCS1.O=C=O.O=C=O. The van der Waals surface area contributed by atoms with Gasteiger partial charge >= 0.3 is 35.5 Å². The van der Waals surface area contributed by atoms with E-state index < -0.39 is 0 Å². The highest BCUT2D eigenvalue weighted by molar-refractivity contribution is 8.77. The molecule has 0 bridgehead atoms. The van der Waals surface area contributed by atoms with Crippen molar-refractivity contribution in [2.24, 2.45) is 0 Å². The van der Waals surface area contributed by atoms with Crippen LogP contribution in [-0.2, 0) is 59.1 Å². The summed E-state index contributed by atoms with van der Waals surface area (Å²) >= 11 is 8.08. The van der Waals surface area contributed by atoms with Gasteiger partial charge in [0, 0.05) is 57.8 Å². The Bertz CT molecular complexity index is 1320. The second kappa shape index (κ2) is 63.3. The fourth-order valence-corrected chi connectivity index (χ4v) is 5.94. The number of carbonyl (C=O) groups is 4. The molecule has 0 saturated carbocycles. The summed E-state index contributed by atoms with van der Waals surface area (Å²) in [5.41, 5.74) is 1.99. The van der Waals surface area contributed by atoms with Gasteiger partial charge in [0.05, 0.1) is 0 Å². The molecule has 0 radical (unpaired) electrons. The minimum absolute atomic E-state index is 0.110. The van der Waals surface area contributed by atoms with E-state index in [-0.39, 0.29) is 35.5 Å². The van der Waals surface area contributed by atoms with Crippen LogP contribution in [0.15, 0.2) is 65.6 Å². The first-order valence-corrected chi connectivity index (χ1v) is 29.5. The average Bonchev–Trinajstić information content (AvgIpc) is 4.12. The molecule has 2 aliphatic heterocycles. The van der Waals surface area contributed by atoms with Crippen LogP contribution < -0.4 is 0 Å². The third-order valence-electron chi connectivity index (χ3n) is 5.14. The first kappa shape index (κ1) is 71.6. The maximum absolute atomic E-state index is 11.1. The molecule has 0 unspecified atom stereocenters. The highest BCUT2D eigenvalue weighted by Gasteiger charge is 2.09. The molecular formula is C41H64O12S9. The molecule has 2 saturated heterocycles. The molecular weight excluding hydrogens is 973 g/mol. The van der Waals surface area contributed by atoms with E-state index in [2.05, 4.69) is 23.8 Å². The molecule has 62 heavy (non-hydrogen) atoms. The number of rotatable bonds is 15. The van der Waals surface area contributed by atoms with Gasteiger partial charge in [-0.25, -0.2) is 4.79 Å². The molecule has 0 spiro atoms. The molecule has 0 aromatic heterocycles. The van der Waals surface area contributed by atoms with Crippen LogP contribution in [0.3, 0.4) is 0 Å². The van der Waals surface area contributed by atoms with Crippen LogP contribution in [0.1, 0.15) is 73.3 Å². The normalized spacial score (nSPS) is 11.4. The van der Waals surface area contributed by atoms with Crippen molar-refractivity contribution in [3.63, 3.8) is 0 Å². The lowest BCUT2D eigenvalue weighted by atomic mass is 10.1. The summed E-state index contributed by atoms with van der Waals surface area (Å²) in [6.07, 6.45) is 15.5. The van der Waals surface area contributed by atoms with Crippen LogP contribution in [-0.4, -0.2) is 108 Å². The number of thiocarbonyl (C=S) groups is 1. The van der Waals surface area contributed by atoms with Gasteiger partial charge in [-0.1, -0.05) is 156 Å². The minimum atomic E-state index is -0.189. The van der Waals surface area contributed by atoms with Crippen molar-refractivity contribution in [2.75, 3.05) is 67.4 Å². The highest BCUT2D eigenvalue weighted by atomic mass is 33.1. The van der Waals surface area contributed by atoms with Crippen molar-refractivity contribution in [1.82, 2.24) is 0 Å². The first-order chi connectivity index (χ1) is 29.9. The molecule has 4 rings (SSSR count). The van der Waals surface area contributed by atoms with E-state index in [0.29, 0.717) is 45.7 Å². The minimum Gasteiger partial charge on any atom is -0.465 e. The molecule has 1 aromatic carbocycles. The highest BCUT2D eigenvalue weighted by Crippen LogP contribution is 2.31. The summed E-state index contributed by atoms with van der Waals surface area (Å²) in [5, 5.41) is -0.130. The molecule has 1 aliphatic carbocycles. The maximum Gasteiger partial charge on any atom is 0.373 e. The van der Waals surface area contributed by atoms with Gasteiger partial charge in [0.2, 0.25) is 0 Å². The quantitative estimate of drug-likeness (QED) is 0.0405. The van der Waals surface area contributed by atoms with Crippen molar-refractivity contribution >= 4 is 141 Å². The zero-order valence-electron chi connectivity index (χ0n) is 37.4. The van der Waals surface area contributed by atoms with Crippen molar-refractivity contribution in [1.29, 1.82) is 0 Å². The van der Waals surface area contributed by atoms with Gasteiger partial charge in [-0.3, -0.25) is 14.4 Å². The Kier molecular flexibility index (Phi) is 73.1. The second-order valence-corrected chi connectivity index (χ2v) is 20.0. The lowest BCUT2D eigenvalue weighted by molar-refractivity contribution is -0.193. The van der Waals surface area contributed by atoms with Crippen molar-refractivity contribution in [3.05, 3.63) is 66.3 Å². The van der Waals surface area contributed by atoms with Crippen molar-refractivity contribution < 1.29 is 57.3 Å². The smallest absolute Gasteiger partial charge is 0.373 e. The monoisotopic (exact) mass is 1040 g/mol. The standard InChI is InChI=1S/C15H20O4S2.C7H6S.C6H12O2S2.C3H4O2S.C2H6S2.C2H4S.2C2H6.2CO2/c1-3-14(16)18-9-10-20-21-13-7-5-12(6-8-13)11-19-15(17)4-2;1-6-2-4-7(8)5-3-6;1-3-6(7)8-4-5-10-9-2;4-3-5-1-2-6-3;1-3-4-2;1-2-3-1;2*1-2;2*2-1-3/h5-8H,3-4,9-11H2,1-2H3;2-5H,1H2;3-5H2,1-2H3;1-2H2;1-2H3;1-2H2;2*1-2H3;;. The van der Waals surface area contributed by atoms with E-state index in [1.165, 1.54) is 23.3 Å². The predicted octanol–water partition coefficient (Wildman–Crippen LogP) is 11.9. The zero-order valence-corrected chi connectivity index (χ0v) is 44.7. The van der Waals surface area contributed by atoms with Crippen molar-refractivity contribution in [3.8, 4) is 0 Å². The number of thioether (sulfide) groups is 2. The molecule has 2 fully saturated rings. The molecule has 21 heteroatoms. The third kappa shape index (κ3) is 69.7. The largest absolute Gasteiger partial charge is 0.465 e. The first-order valence-electron chi connectivity index (χ1n) is 18.9. The van der Waals surface area contributed by atoms with Crippen LogP contribution in [0.5, 0.6) is 0 Å². The summed E-state index contributed by atoms with van der Waals surface area (Å²) in [7, 11) is 10.2. The van der Waals surface area contributed by atoms with Gasteiger partial charge < -0.3 is 18.9 Å². The molecule has 0 amide bonds. The van der Waals surface area contributed by atoms with E-state index in [0.717, 1.165) is 38.2 Å². The van der Waals surface area contributed by atoms with Gasteiger partial charge in [-0.15, -0.1) is 0 Å². The van der Waals surface area contributed by atoms with Crippen LogP contribution in [0, 0.1) is 0 Å². The summed E-state index contributed by atoms with van der Waals surface area (Å²) in [6.45, 7) is 19.0. The number of carbonyl (C=O) groups excluding carboxylic acids is 8. The number of esters is 3. The fraction of sp³-hybridized carbons (Fsp3) is 0.537. The summed E-state index contributed by atoms with van der Waals surface area (Å²) in [6, 6.07) is 7.88.